The minimum atomic E-state index is -3.78. The first-order valence-corrected chi connectivity index (χ1v) is 8.09. The van der Waals surface area contributed by atoms with Gasteiger partial charge in [0, 0.05) is 29.2 Å². The van der Waals surface area contributed by atoms with Crippen LogP contribution in [0.15, 0.2) is 35.5 Å². The van der Waals surface area contributed by atoms with Crippen LogP contribution < -0.4 is 4.72 Å². The number of sulfonamides is 1. The first kappa shape index (κ1) is 14.2. The molecule has 0 aliphatic rings. The number of hydrogen-bond donors (Lipinski definition) is 2. The molecule has 0 unspecified atom stereocenters. The Balaban J connectivity index is 2.06. The van der Waals surface area contributed by atoms with Gasteiger partial charge in [0.15, 0.2) is 5.15 Å². The van der Waals surface area contributed by atoms with Crippen LogP contribution in [0, 0.1) is 0 Å². The summed E-state index contributed by atoms with van der Waals surface area (Å²) in [6.45, 7) is 0. The summed E-state index contributed by atoms with van der Waals surface area (Å²) < 4.78 is 28.7. The Hall–Kier alpha value is -1.70. The number of aromatic amines is 1. The largest absolute Gasteiger partial charge is 0.360 e. The summed E-state index contributed by atoms with van der Waals surface area (Å²) in [5.74, 6) is 0. The predicted molar refractivity (Wildman–Crippen MR) is 82.3 cm³/mol. The van der Waals surface area contributed by atoms with Crippen LogP contribution in [-0.4, -0.2) is 23.2 Å². The fourth-order valence-corrected chi connectivity index (χ4v) is 3.58. The second-order valence-corrected chi connectivity index (χ2v) is 6.87. The molecule has 2 N–H and O–H groups in total. The summed E-state index contributed by atoms with van der Waals surface area (Å²) in [4.78, 5) is 3.00. The highest BCUT2D eigenvalue weighted by atomic mass is 35.5. The Morgan fingerprint density at radius 3 is 2.76 bits per heavy atom. The van der Waals surface area contributed by atoms with Gasteiger partial charge in [0.1, 0.15) is 10.6 Å². The summed E-state index contributed by atoms with van der Waals surface area (Å²) in [5.41, 5.74) is 0.864. The predicted octanol–water partition coefficient (Wildman–Crippen LogP) is 3.01. The summed E-state index contributed by atoms with van der Waals surface area (Å²) in [6, 6.07) is 4.94. The molecule has 21 heavy (non-hydrogen) atoms. The van der Waals surface area contributed by atoms with Gasteiger partial charge in [-0.05, 0) is 18.2 Å². The van der Waals surface area contributed by atoms with Crippen molar-refractivity contribution in [3.8, 4) is 0 Å². The highest BCUT2D eigenvalue weighted by Gasteiger charge is 2.21. The van der Waals surface area contributed by atoms with E-state index < -0.39 is 10.0 Å². The molecule has 6 nitrogen and oxygen atoms in total. The number of fused-ring (bicyclic) bond motifs is 1. The van der Waals surface area contributed by atoms with Crippen molar-refractivity contribution in [1.82, 2.24) is 14.8 Å². The van der Waals surface area contributed by atoms with E-state index in [-0.39, 0.29) is 15.7 Å². The lowest BCUT2D eigenvalue weighted by atomic mass is 10.2. The van der Waals surface area contributed by atoms with Crippen molar-refractivity contribution >= 4 is 49.8 Å². The number of anilines is 1. The van der Waals surface area contributed by atoms with Gasteiger partial charge in [-0.1, -0.05) is 23.2 Å². The topological polar surface area (TPSA) is 79.8 Å². The summed E-state index contributed by atoms with van der Waals surface area (Å²) in [5, 5.41) is 5.17. The van der Waals surface area contributed by atoms with E-state index in [1.807, 2.05) is 0 Å². The van der Waals surface area contributed by atoms with Crippen molar-refractivity contribution in [2.24, 2.45) is 7.05 Å². The molecule has 0 amide bonds. The first-order chi connectivity index (χ1) is 9.88. The second kappa shape index (κ2) is 4.94. The molecule has 0 saturated heterocycles. The third-order valence-electron chi connectivity index (χ3n) is 3.01. The Bertz CT molecular complexity index is 930. The van der Waals surface area contributed by atoms with Crippen molar-refractivity contribution in [2.45, 2.75) is 4.90 Å². The van der Waals surface area contributed by atoms with Crippen molar-refractivity contribution < 1.29 is 8.42 Å². The molecule has 0 spiro atoms. The number of rotatable bonds is 3. The lowest BCUT2D eigenvalue weighted by Gasteiger charge is -2.05. The average Bonchev–Trinajstić information content (AvgIpc) is 2.97. The average molecular weight is 345 g/mol. The zero-order valence-electron chi connectivity index (χ0n) is 10.8. The number of halogens is 2. The highest BCUT2D eigenvalue weighted by molar-refractivity contribution is 7.93. The maximum absolute atomic E-state index is 12.5. The van der Waals surface area contributed by atoms with Gasteiger partial charge >= 0.3 is 0 Å². The second-order valence-electron chi connectivity index (χ2n) is 4.42. The Morgan fingerprint density at radius 1 is 1.33 bits per heavy atom. The Labute approximate surface area is 130 Å². The van der Waals surface area contributed by atoms with Crippen LogP contribution in [-0.2, 0) is 17.1 Å². The van der Waals surface area contributed by atoms with Crippen LogP contribution in [0.1, 0.15) is 0 Å². The third-order valence-corrected chi connectivity index (χ3v) is 5.09. The van der Waals surface area contributed by atoms with Crippen molar-refractivity contribution in [3.05, 3.63) is 40.8 Å². The van der Waals surface area contributed by atoms with Crippen LogP contribution in [0.25, 0.3) is 10.9 Å². The number of nitrogens with one attached hydrogen (secondary N) is 2. The number of benzene rings is 1. The van der Waals surface area contributed by atoms with Crippen LogP contribution >= 0.6 is 23.2 Å². The van der Waals surface area contributed by atoms with Crippen LogP contribution in [0.4, 0.5) is 5.69 Å². The summed E-state index contributed by atoms with van der Waals surface area (Å²) in [6.07, 6.45) is 2.76. The van der Waals surface area contributed by atoms with E-state index in [4.69, 9.17) is 23.2 Å². The van der Waals surface area contributed by atoms with E-state index in [0.29, 0.717) is 15.9 Å². The van der Waals surface area contributed by atoms with Gasteiger partial charge in [-0.15, -0.1) is 0 Å². The van der Waals surface area contributed by atoms with Crippen molar-refractivity contribution in [3.63, 3.8) is 0 Å². The molecule has 0 aliphatic heterocycles. The maximum atomic E-state index is 12.5. The molecule has 9 heteroatoms. The Kier molecular flexibility index (Phi) is 3.35. The number of hydrogen-bond acceptors (Lipinski definition) is 3. The van der Waals surface area contributed by atoms with Crippen molar-refractivity contribution in [2.75, 3.05) is 4.72 Å². The molecule has 2 heterocycles. The van der Waals surface area contributed by atoms with Gasteiger partial charge in [-0.25, -0.2) is 8.42 Å². The standard InChI is InChI=1S/C12H10Cl2N4O2S/c1-18-12(14)10(5-16-18)17-21(19,20)11-6-15-9-4-7(13)2-3-8(9)11/h2-6,15,17H,1H3. The molecule has 0 fully saturated rings. The fraction of sp³-hybridized carbons (Fsp3) is 0.0833. The van der Waals surface area contributed by atoms with Gasteiger partial charge in [0.25, 0.3) is 10.0 Å². The van der Waals surface area contributed by atoms with Crippen molar-refractivity contribution in [1.29, 1.82) is 0 Å². The zero-order valence-corrected chi connectivity index (χ0v) is 13.1. The molecule has 110 valence electrons. The minimum Gasteiger partial charge on any atom is -0.360 e. The third kappa shape index (κ3) is 2.48. The smallest absolute Gasteiger partial charge is 0.264 e. The van der Waals surface area contributed by atoms with E-state index in [1.54, 1.807) is 25.2 Å². The lowest BCUT2D eigenvalue weighted by molar-refractivity contribution is 0.602. The molecule has 3 rings (SSSR count). The molecular formula is C12H10Cl2N4O2S. The molecule has 0 atom stereocenters. The summed E-state index contributed by atoms with van der Waals surface area (Å²) in [7, 11) is -2.16. The van der Waals surface area contributed by atoms with E-state index in [2.05, 4.69) is 14.8 Å². The van der Waals surface area contributed by atoms with E-state index in [0.717, 1.165) is 0 Å². The molecule has 0 aliphatic carbocycles. The summed E-state index contributed by atoms with van der Waals surface area (Å²) >= 11 is 11.8. The van der Waals surface area contributed by atoms with E-state index >= 15 is 0 Å². The normalized spacial score (nSPS) is 12.0. The Morgan fingerprint density at radius 2 is 2.10 bits per heavy atom. The SMILES string of the molecule is Cn1ncc(NS(=O)(=O)c2c[nH]c3cc(Cl)ccc23)c1Cl. The maximum Gasteiger partial charge on any atom is 0.264 e. The zero-order chi connectivity index (χ0) is 15.2. The van der Waals surface area contributed by atoms with Gasteiger partial charge in [-0.2, -0.15) is 5.10 Å². The first-order valence-electron chi connectivity index (χ1n) is 5.85. The van der Waals surface area contributed by atoms with Crippen LogP contribution in [0.5, 0.6) is 0 Å². The van der Waals surface area contributed by atoms with Gasteiger partial charge in [0.2, 0.25) is 0 Å². The number of aromatic nitrogens is 3. The van der Waals surface area contributed by atoms with Crippen LogP contribution in [0.2, 0.25) is 10.2 Å². The molecular weight excluding hydrogens is 335 g/mol. The molecule has 0 bridgehead atoms. The fourth-order valence-electron chi connectivity index (χ4n) is 1.98. The van der Waals surface area contributed by atoms with Gasteiger partial charge in [-0.3, -0.25) is 9.40 Å². The molecule has 0 saturated carbocycles. The lowest BCUT2D eigenvalue weighted by Crippen LogP contribution is -2.12. The highest BCUT2D eigenvalue weighted by Crippen LogP contribution is 2.28. The molecule has 3 aromatic rings. The quantitative estimate of drug-likeness (QED) is 0.766. The molecule has 0 radical (unpaired) electrons. The minimum absolute atomic E-state index is 0.120. The molecule has 1 aromatic carbocycles. The monoisotopic (exact) mass is 344 g/mol. The molecule has 2 aromatic heterocycles. The number of H-pyrrole nitrogens is 1. The van der Waals surface area contributed by atoms with E-state index in [1.165, 1.54) is 17.1 Å². The van der Waals surface area contributed by atoms with Gasteiger partial charge in [0.05, 0.1) is 6.20 Å². The van der Waals surface area contributed by atoms with E-state index in [9.17, 15) is 8.42 Å². The number of aryl methyl sites for hydroxylation is 1. The van der Waals surface area contributed by atoms with Gasteiger partial charge < -0.3 is 4.98 Å². The number of nitrogens with zero attached hydrogens (tertiary/aromatic N) is 2. The van der Waals surface area contributed by atoms with Crippen LogP contribution in [0.3, 0.4) is 0 Å².